The Morgan fingerprint density at radius 3 is 1.21 bits per heavy atom. The summed E-state index contributed by atoms with van der Waals surface area (Å²) in [5, 5.41) is 0. The van der Waals surface area contributed by atoms with Crippen LogP contribution < -0.4 is 0 Å². The maximum absolute atomic E-state index is 12.6. The number of rotatable bonds is 35. The number of hydrogen-bond donors (Lipinski definition) is 0. The summed E-state index contributed by atoms with van der Waals surface area (Å²) in [6.45, 7) is 5.31. The summed E-state index contributed by atoms with van der Waals surface area (Å²) in [5.41, 5.74) is 0. The van der Waals surface area contributed by atoms with Gasteiger partial charge in [-0.05, 0) is 64.2 Å². The van der Waals surface area contributed by atoms with Crippen LogP contribution in [0.1, 0.15) is 194 Å². The number of esters is 2. The van der Waals surface area contributed by atoms with Gasteiger partial charge in [0.25, 0.3) is 0 Å². The van der Waals surface area contributed by atoms with Crippen molar-refractivity contribution in [3.05, 3.63) is 24.3 Å². The third-order valence-electron chi connectivity index (χ3n) is 8.77. The quantitative estimate of drug-likeness (QED) is 0.0286. The number of nitrogens with zero attached hydrogens (tertiary/aromatic N) is 1. The Labute approximate surface area is 305 Å². The SMILES string of the molecule is CCCCCCCC/C=C\CCCCCCCC(=O)OCC(C[N+](C)(C)C)OC(=O)CCCCCCC/C=C\CCCCCCCC.Cl. The molecule has 0 bridgehead atoms. The zero-order chi connectivity index (χ0) is 34.7. The van der Waals surface area contributed by atoms with Gasteiger partial charge in [-0.25, -0.2) is 0 Å². The van der Waals surface area contributed by atoms with Crippen molar-refractivity contribution in [3.63, 3.8) is 0 Å². The van der Waals surface area contributed by atoms with E-state index >= 15 is 0 Å². The maximum atomic E-state index is 12.6. The van der Waals surface area contributed by atoms with Crippen molar-refractivity contribution < 1.29 is 23.5 Å². The minimum Gasteiger partial charge on any atom is -0.461 e. The molecule has 0 aliphatic heterocycles. The van der Waals surface area contributed by atoms with E-state index in [2.05, 4.69) is 59.3 Å². The lowest BCUT2D eigenvalue weighted by molar-refractivity contribution is -0.873. The summed E-state index contributed by atoms with van der Waals surface area (Å²) in [5.74, 6) is -0.350. The van der Waals surface area contributed by atoms with E-state index in [-0.39, 0.29) is 31.0 Å². The topological polar surface area (TPSA) is 52.6 Å². The van der Waals surface area contributed by atoms with Gasteiger partial charge in [0.05, 0.1) is 21.1 Å². The molecular formula is C42H81ClNO4+. The van der Waals surface area contributed by atoms with Crippen LogP contribution in [0.3, 0.4) is 0 Å². The Bertz CT molecular complexity index is 761. The van der Waals surface area contributed by atoms with E-state index in [0.717, 1.165) is 38.5 Å². The summed E-state index contributed by atoms with van der Waals surface area (Å²) in [7, 11) is 6.20. The van der Waals surface area contributed by atoms with Gasteiger partial charge in [0.2, 0.25) is 0 Å². The highest BCUT2D eigenvalue weighted by atomic mass is 35.5. The number of carbonyl (C=O) groups excluding carboxylic acids is 2. The summed E-state index contributed by atoms with van der Waals surface area (Å²) in [6, 6.07) is 0. The van der Waals surface area contributed by atoms with Crippen LogP contribution in [0.2, 0.25) is 0 Å². The Kier molecular flexibility index (Phi) is 37.5. The first-order valence-corrected chi connectivity index (χ1v) is 20.2. The van der Waals surface area contributed by atoms with Gasteiger partial charge in [0, 0.05) is 12.8 Å². The van der Waals surface area contributed by atoms with Crippen LogP contribution in [0.5, 0.6) is 0 Å². The van der Waals surface area contributed by atoms with E-state index in [0.29, 0.717) is 23.9 Å². The Morgan fingerprint density at radius 2 is 0.833 bits per heavy atom. The molecule has 0 fully saturated rings. The Balaban J connectivity index is 0. The van der Waals surface area contributed by atoms with E-state index in [9.17, 15) is 9.59 Å². The highest BCUT2D eigenvalue weighted by Gasteiger charge is 2.23. The van der Waals surface area contributed by atoms with Crippen LogP contribution in [0, 0.1) is 0 Å². The van der Waals surface area contributed by atoms with Crippen molar-refractivity contribution in [2.75, 3.05) is 34.3 Å². The number of quaternary nitrogens is 1. The average Bonchev–Trinajstić information content (AvgIpc) is 3.03. The molecule has 1 unspecified atom stereocenters. The van der Waals surface area contributed by atoms with Gasteiger partial charge < -0.3 is 14.0 Å². The first-order chi connectivity index (χ1) is 22.8. The largest absolute Gasteiger partial charge is 0.461 e. The number of halogens is 1. The maximum Gasteiger partial charge on any atom is 0.306 e. The average molecular weight is 700 g/mol. The van der Waals surface area contributed by atoms with Crippen LogP contribution in [0.25, 0.3) is 0 Å². The standard InChI is InChI=1S/C42H80NO4.ClH/c1-6-8-10-12-14-16-18-20-22-24-26-28-30-32-34-36-41(44)46-39-40(38-43(3,4)5)47-42(45)37-35-33-31-29-27-25-23-21-19-17-15-13-11-9-7-2;/h20-23,40H,6-19,24-39H2,1-5H3;1H/q+1;/b22-20-,23-21-;. The molecular weight excluding hydrogens is 618 g/mol. The van der Waals surface area contributed by atoms with Gasteiger partial charge in [-0.2, -0.15) is 0 Å². The van der Waals surface area contributed by atoms with Crippen molar-refractivity contribution in [1.29, 1.82) is 0 Å². The number of unbranched alkanes of at least 4 members (excludes halogenated alkanes) is 22. The van der Waals surface area contributed by atoms with Gasteiger partial charge >= 0.3 is 11.9 Å². The van der Waals surface area contributed by atoms with Crippen molar-refractivity contribution in [2.45, 2.75) is 200 Å². The number of carbonyl (C=O) groups is 2. The minimum atomic E-state index is -0.399. The van der Waals surface area contributed by atoms with Crippen LogP contribution in [0.4, 0.5) is 0 Å². The predicted molar refractivity (Wildman–Crippen MR) is 210 cm³/mol. The molecule has 284 valence electrons. The van der Waals surface area contributed by atoms with E-state index < -0.39 is 6.10 Å². The zero-order valence-corrected chi connectivity index (χ0v) is 33.4. The van der Waals surface area contributed by atoms with E-state index in [1.807, 2.05) is 0 Å². The molecule has 48 heavy (non-hydrogen) atoms. The Morgan fingerprint density at radius 1 is 0.500 bits per heavy atom. The molecule has 0 aromatic carbocycles. The molecule has 0 aliphatic rings. The van der Waals surface area contributed by atoms with Crippen molar-refractivity contribution in [3.8, 4) is 0 Å². The molecule has 0 aromatic rings. The predicted octanol–water partition coefficient (Wildman–Crippen LogP) is 12.6. The van der Waals surface area contributed by atoms with Crippen LogP contribution in [-0.2, 0) is 19.1 Å². The Hall–Kier alpha value is -1.33. The molecule has 0 N–H and O–H groups in total. The summed E-state index contributed by atoms with van der Waals surface area (Å²) in [4.78, 5) is 24.9. The fourth-order valence-corrected chi connectivity index (χ4v) is 5.92. The lowest BCUT2D eigenvalue weighted by Gasteiger charge is -2.28. The number of allylic oxidation sites excluding steroid dienone is 4. The van der Waals surface area contributed by atoms with Crippen LogP contribution in [-0.4, -0.2) is 56.8 Å². The van der Waals surface area contributed by atoms with Crippen LogP contribution in [0.15, 0.2) is 24.3 Å². The van der Waals surface area contributed by atoms with Gasteiger partial charge in [0.1, 0.15) is 13.2 Å². The first kappa shape index (κ1) is 48.8. The molecule has 0 amide bonds. The van der Waals surface area contributed by atoms with Crippen LogP contribution >= 0.6 is 12.4 Å². The first-order valence-electron chi connectivity index (χ1n) is 20.2. The highest BCUT2D eigenvalue weighted by molar-refractivity contribution is 5.85. The second kappa shape index (κ2) is 36.9. The summed E-state index contributed by atoms with van der Waals surface area (Å²) in [6.07, 6.45) is 42.1. The van der Waals surface area contributed by atoms with Gasteiger partial charge in [0.15, 0.2) is 6.10 Å². The molecule has 0 spiro atoms. The zero-order valence-electron chi connectivity index (χ0n) is 32.6. The highest BCUT2D eigenvalue weighted by Crippen LogP contribution is 2.13. The number of hydrogen-bond acceptors (Lipinski definition) is 4. The monoisotopic (exact) mass is 699 g/mol. The van der Waals surface area contributed by atoms with Gasteiger partial charge in [-0.1, -0.05) is 141 Å². The molecule has 0 radical (unpaired) electrons. The molecule has 1 atom stereocenters. The van der Waals surface area contributed by atoms with Gasteiger partial charge in [-0.15, -0.1) is 12.4 Å². The molecule has 0 heterocycles. The number of ether oxygens (including phenoxy) is 2. The van der Waals surface area contributed by atoms with E-state index in [4.69, 9.17) is 9.47 Å². The van der Waals surface area contributed by atoms with Crippen molar-refractivity contribution >= 4 is 24.3 Å². The summed E-state index contributed by atoms with van der Waals surface area (Å²) >= 11 is 0. The fraction of sp³-hybridized carbons (Fsp3) is 0.857. The minimum absolute atomic E-state index is 0. The molecule has 0 aromatic heterocycles. The summed E-state index contributed by atoms with van der Waals surface area (Å²) < 4.78 is 12.0. The lowest BCUT2D eigenvalue weighted by Crippen LogP contribution is -2.45. The van der Waals surface area contributed by atoms with Crippen molar-refractivity contribution in [1.82, 2.24) is 0 Å². The number of likely N-dealkylation sites (N-methyl/N-ethyl adjacent to an activating group) is 1. The molecule has 0 aliphatic carbocycles. The molecule has 6 heteroatoms. The normalized spacial score (nSPS) is 12.4. The fourth-order valence-electron chi connectivity index (χ4n) is 5.92. The third kappa shape index (κ3) is 39.1. The molecule has 0 saturated carbocycles. The molecule has 0 rings (SSSR count). The second-order valence-electron chi connectivity index (χ2n) is 14.9. The van der Waals surface area contributed by atoms with Crippen molar-refractivity contribution in [2.24, 2.45) is 0 Å². The van der Waals surface area contributed by atoms with E-state index in [1.54, 1.807) is 0 Å². The lowest BCUT2D eigenvalue weighted by atomic mass is 10.1. The van der Waals surface area contributed by atoms with E-state index in [1.165, 1.54) is 128 Å². The third-order valence-corrected chi connectivity index (χ3v) is 8.77. The smallest absolute Gasteiger partial charge is 0.306 e. The molecule has 0 saturated heterocycles. The second-order valence-corrected chi connectivity index (χ2v) is 14.9. The molecule has 5 nitrogen and oxygen atoms in total. The van der Waals surface area contributed by atoms with Gasteiger partial charge in [-0.3, -0.25) is 9.59 Å².